The summed E-state index contributed by atoms with van der Waals surface area (Å²) in [5.41, 5.74) is 3.17. The fourth-order valence-corrected chi connectivity index (χ4v) is 5.89. The molecule has 9 nitrogen and oxygen atoms in total. The molecule has 0 bridgehead atoms. The molecule has 2 N–H and O–H groups in total. The zero-order valence-corrected chi connectivity index (χ0v) is 23.1. The molecular formula is C29H35N3O6S. The van der Waals surface area contributed by atoms with Gasteiger partial charge in [0.05, 0.1) is 0 Å². The lowest BCUT2D eigenvalue weighted by atomic mass is 10.1. The molecule has 1 aliphatic heterocycles. The van der Waals surface area contributed by atoms with E-state index in [4.69, 9.17) is 9.47 Å². The highest BCUT2D eigenvalue weighted by Gasteiger charge is 2.31. The van der Waals surface area contributed by atoms with Gasteiger partial charge in [0.1, 0.15) is 11.8 Å². The van der Waals surface area contributed by atoms with Crippen LogP contribution in [-0.2, 0) is 19.7 Å². The molecule has 1 aliphatic rings. The molecular weight excluding hydrogens is 518 g/mol. The molecule has 1 heterocycles. The van der Waals surface area contributed by atoms with Gasteiger partial charge in [-0.3, -0.25) is 4.79 Å². The summed E-state index contributed by atoms with van der Waals surface area (Å²) in [6.45, 7) is 3.67. The number of piperazine rings is 1. The van der Waals surface area contributed by atoms with E-state index in [2.05, 4.69) is 40.0 Å². The van der Waals surface area contributed by atoms with Crippen molar-refractivity contribution in [1.29, 1.82) is 0 Å². The Labute approximate surface area is 229 Å². The number of carboxylic acid groups (broad SMARTS) is 1. The Morgan fingerprint density at radius 3 is 2.28 bits per heavy atom. The molecule has 0 aliphatic carbocycles. The van der Waals surface area contributed by atoms with E-state index in [1.54, 1.807) is 7.11 Å². The number of carbonyl (C=O) groups is 1. The van der Waals surface area contributed by atoms with E-state index >= 15 is 0 Å². The first-order chi connectivity index (χ1) is 18.8. The monoisotopic (exact) mass is 553 g/mol. The van der Waals surface area contributed by atoms with Gasteiger partial charge in [-0.2, -0.15) is 17.4 Å². The zero-order chi connectivity index (χ0) is 27.8. The molecule has 10 heteroatoms. The second-order valence-corrected chi connectivity index (χ2v) is 11.1. The largest absolute Gasteiger partial charge is 0.480 e. The van der Waals surface area contributed by atoms with Crippen LogP contribution in [0.4, 0.5) is 5.69 Å². The Bertz CT molecular complexity index is 1400. The first-order valence-electron chi connectivity index (χ1n) is 13.0. The third-order valence-corrected chi connectivity index (χ3v) is 8.28. The number of ether oxygens (including phenoxy) is 2. The molecule has 0 aromatic heterocycles. The average molecular weight is 554 g/mol. The molecule has 0 spiro atoms. The van der Waals surface area contributed by atoms with Gasteiger partial charge in [0.2, 0.25) is 0 Å². The number of rotatable bonds is 12. The van der Waals surface area contributed by atoms with Crippen LogP contribution < -0.4 is 14.4 Å². The van der Waals surface area contributed by atoms with Gasteiger partial charge in [-0.15, -0.1) is 0 Å². The Balaban J connectivity index is 1.33. The van der Waals surface area contributed by atoms with Gasteiger partial charge in [0, 0.05) is 39.0 Å². The van der Waals surface area contributed by atoms with Gasteiger partial charge in [0.25, 0.3) is 10.2 Å². The molecule has 208 valence electrons. The first kappa shape index (κ1) is 28.6. The van der Waals surface area contributed by atoms with Crippen molar-refractivity contribution >= 4 is 44.8 Å². The first-order valence-corrected chi connectivity index (χ1v) is 14.4. The Morgan fingerprint density at radius 2 is 1.62 bits per heavy atom. The van der Waals surface area contributed by atoms with E-state index in [1.807, 2.05) is 49.4 Å². The minimum Gasteiger partial charge on any atom is -0.480 e. The SMILES string of the molecule is CCC[C@H](NS(=O)(=O)N1CCN(c2ccc(C=Cc3ccc4cc(OCOC)ccc4c3)cc2)CC1)C(=O)O. The topological polar surface area (TPSA) is 108 Å². The smallest absolute Gasteiger partial charge is 0.321 e. The molecule has 1 atom stereocenters. The third-order valence-electron chi connectivity index (χ3n) is 6.65. The van der Waals surface area contributed by atoms with Crippen molar-refractivity contribution in [2.24, 2.45) is 0 Å². The second-order valence-electron chi connectivity index (χ2n) is 9.43. The number of nitrogens with zero attached hydrogens (tertiary/aromatic N) is 2. The summed E-state index contributed by atoms with van der Waals surface area (Å²) in [5.74, 6) is -0.387. The Hall–Kier alpha value is -3.44. The number of hydrogen-bond acceptors (Lipinski definition) is 6. The van der Waals surface area contributed by atoms with Crippen LogP contribution in [0.2, 0.25) is 0 Å². The molecule has 3 aromatic rings. The number of carboxylic acids is 1. The maximum absolute atomic E-state index is 12.7. The highest BCUT2D eigenvalue weighted by atomic mass is 32.2. The van der Waals surface area contributed by atoms with Crippen LogP contribution in [0, 0.1) is 0 Å². The van der Waals surface area contributed by atoms with Gasteiger partial charge in [-0.1, -0.05) is 55.8 Å². The summed E-state index contributed by atoms with van der Waals surface area (Å²) in [6.07, 6.45) is 4.96. The van der Waals surface area contributed by atoms with Crippen molar-refractivity contribution in [3.05, 3.63) is 71.8 Å². The minimum atomic E-state index is -3.86. The van der Waals surface area contributed by atoms with Crippen LogP contribution >= 0.6 is 0 Å². The maximum atomic E-state index is 12.7. The van der Waals surface area contributed by atoms with E-state index in [0.29, 0.717) is 19.5 Å². The van der Waals surface area contributed by atoms with Crippen molar-refractivity contribution in [1.82, 2.24) is 9.03 Å². The number of benzene rings is 3. The van der Waals surface area contributed by atoms with Gasteiger partial charge in [0.15, 0.2) is 6.79 Å². The number of nitrogens with one attached hydrogen (secondary N) is 1. The number of anilines is 1. The van der Waals surface area contributed by atoms with Crippen molar-refractivity contribution < 1.29 is 27.8 Å². The standard InChI is InChI=1S/C29H35N3O6S/c1-3-4-28(29(33)34)30-39(35,36)32-17-15-31(16-18-32)26-12-8-22(9-13-26)5-6-23-7-10-25-20-27(38-21-37-2)14-11-24(25)19-23/h5-14,19-20,28,30H,3-4,15-18,21H2,1-2H3,(H,33,34)/t28-/m0/s1. The van der Waals surface area contributed by atoms with Crippen LogP contribution in [0.5, 0.6) is 5.75 Å². The predicted octanol–water partition coefficient (Wildman–Crippen LogP) is 4.20. The molecule has 39 heavy (non-hydrogen) atoms. The van der Waals surface area contributed by atoms with Gasteiger partial charge in [-0.05, 0) is 58.7 Å². The van der Waals surface area contributed by atoms with Crippen LogP contribution in [0.25, 0.3) is 22.9 Å². The molecule has 3 aromatic carbocycles. The van der Waals surface area contributed by atoms with Crippen molar-refractivity contribution in [2.45, 2.75) is 25.8 Å². The fraction of sp³-hybridized carbons (Fsp3) is 0.345. The normalized spacial score (nSPS) is 15.6. The van der Waals surface area contributed by atoms with E-state index in [0.717, 1.165) is 33.3 Å². The summed E-state index contributed by atoms with van der Waals surface area (Å²) >= 11 is 0. The van der Waals surface area contributed by atoms with Crippen molar-refractivity contribution in [3.8, 4) is 5.75 Å². The Kier molecular flexibility index (Phi) is 9.58. The van der Waals surface area contributed by atoms with Crippen molar-refractivity contribution in [2.75, 3.05) is 45.0 Å². The highest BCUT2D eigenvalue weighted by molar-refractivity contribution is 7.87. The number of methoxy groups -OCH3 is 1. The highest BCUT2D eigenvalue weighted by Crippen LogP contribution is 2.24. The molecule has 4 rings (SSSR count). The number of aliphatic carboxylic acids is 1. The minimum absolute atomic E-state index is 0.217. The third kappa shape index (κ3) is 7.57. The molecule has 0 unspecified atom stereocenters. The number of fused-ring (bicyclic) bond motifs is 1. The van der Waals surface area contributed by atoms with E-state index in [-0.39, 0.29) is 26.3 Å². The van der Waals surface area contributed by atoms with Crippen molar-refractivity contribution in [3.63, 3.8) is 0 Å². The summed E-state index contributed by atoms with van der Waals surface area (Å²) < 4.78 is 39.5. The van der Waals surface area contributed by atoms with E-state index < -0.39 is 22.2 Å². The molecule has 0 radical (unpaired) electrons. The summed E-state index contributed by atoms with van der Waals surface area (Å²) in [5, 5.41) is 11.5. The summed E-state index contributed by atoms with van der Waals surface area (Å²) in [4.78, 5) is 13.5. The van der Waals surface area contributed by atoms with Gasteiger partial charge < -0.3 is 19.5 Å². The molecule has 0 amide bonds. The second kappa shape index (κ2) is 13.1. The lowest BCUT2D eigenvalue weighted by Crippen LogP contribution is -2.54. The van der Waals surface area contributed by atoms with E-state index in [9.17, 15) is 18.3 Å². The van der Waals surface area contributed by atoms with Crippen LogP contribution in [-0.4, -0.2) is 69.9 Å². The van der Waals surface area contributed by atoms with Gasteiger partial charge >= 0.3 is 5.97 Å². The number of hydrogen-bond donors (Lipinski definition) is 2. The van der Waals surface area contributed by atoms with Crippen LogP contribution in [0.15, 0.2) is 60.7 Å². The predicted molar refractivity (Wildman–Crippen MR) is 154 cm³/mol. The van der Waals surface area contributed by atoms with E-state index in [1.165, 1.54) is 4.31 Å². The van der Waals surface area contributed by atoms with Crippen LogP contribution in [0.1, 0.15) is 30.9 Å². The summed E-state index contributed by atoms with van der Waals surface area (Å²) in [7, 11) is -2.27. The van der Waals surface area contributed by atoms with Gasteiger partial charge in [-0.25, -0.2) is 0 Å². The molecule has 1 saturated heterocycles. The molecule has 0 saturated carbocycles. The zero-order valence-electron chi connectivity index (χ0n) is 22.2. The quantitative estimate of drug-likeness (QED) is 0.256. The average Bonchev–Trinajstić information content (AvgIpc) is 2.95. The summed E-state index contributed by atoms with van der Waals surface area (Å²) in [6, 6.07) is 19.3. The lowest BCUT2D eigenvalue weighted by Gasteiger charge is -2.35. The van der Waals surface area contributed by atoms with Crippen LogP contribution in [0.3, 0.4) is 0 Å². The molecule has 1 fully saturated rings. The maximum Gasteiger partial charge on any atom is 0.321 e. The lowest BCUT2D eigenvalue weighted by molar-refractivity contribution is -0.139. The fourth-order valence-electron chi connectivity index (χ4n) is 4.51. The Morgan fingerprint density at radius 1 is 0.974 bits per heavy atom.